The quantitative estimate of drug-likeness (QED) is 0.200. The van der Waals surface area contributed by atoms with E-state index in [0.717, 1.165) is 24.8 Å². The molecular formula is C22H31F3O2. The van der Waals surface area contributed by atoms with Crippen LogP contribution >= 0.6 is 0 Å². The molecule has 2 nitrogen and oxygen atoms in total. The highest BCUT2D eigenvalue weighted by atomic mass is 19.4. The number of halogens is 3. The molecule has 0 fully saturated rings. The van der Waals surface area contributed by atoms with Gasteiger partial charge in [0.2, 0.25) is 5.78 Å². The molecule has 1 aromatic carbocycles. The maximum atomic E-state index is 12.4. The van der Waals surface area contributed by atoms with Crippen molar-refractivity contribution in [1.29, 1.82) is 0 Å². The van der Waals surface area contributed by atoms with Gasteiger partial charge in [-0.05, 0) is 18.4 Å². The van der Waals surface area contributed by atoms with Crippen molar-refractivity contribution in [3.05, 3.63) is 35.4 Å². The van der Waals surface area contributed by atoms with Crippen LogP contribution in [-0.2, 0) is 11.2 Å². The number of aryl methyl sites for hydroxylation is 1. The number of hydrogen-bond donors (Lipinski definition) is 0. The smallest absolute Gasteiger partial charge is 0.294 e. The summed E-state index contributed by atoms with van der Waals surface area (Å²) in [7, 11) is 0. The van der Waals surface area contributed by atoms with Gasteiger partial charge in [-0.15, -0.1) is 0 Å². The molecule has 0 amide bonds. The van der Waals surface area contributed by atoms with Gasteiger partial charge in [0.1, 0.15) is 0 Å². The van der Waals surface area contributed by atoms with Crippen LogP contribution in [0.1, 0.15) is 93.5 Å². The van der Waals surface area contributed by atoms with Crippen molar-refractivity contribution < 1.29 is 22.8 Å². The van der Waals surface area contributed by atoms with E-state index in [1.807, 2.05) is 0 Å². The summed E-state index contributed by atoms with van der Waals surface area (Å²) in [4.78, 5) is 23.1. The fraction of sp³-hybridized carbons (Fsp3) is 0.636. The summed E-state index contributed by atoms with van der Waals surface area (Å²) in [5.41, 5.74) is 0.975. The Balaban J connectivity index is 2.34. The molecule has 0 aliphatic rings. The second-order valence-electron chi connectivity index (χ2n) is 7.11. The summed E-state index contributed by atoms with van der Waals surface area (Å²) in [6.45, 7) is 2.21. The standard InChI is InChI=1S/C22H31F3O2/c1-2-3-4-5-6-7-8-9-10-11-14-18-15-12-13-16-19(18)20(26)17-21(27)22(23,24)25/h12-13,15-16H,2-11,14,17H2,1H3. The Kier molecular flexibility index (Phi) is 11.0. The van der Waals surface area contributed by atoms with Crippen LogP contribution in [0, 0.1) is 0 Å². The topological polar surface area (TPSA) is 34.1 Å². The molecule has 0 saturated carbocycles. The van der Waals surface area contributed by atoms with E-state index in [-0.39, 0.29) is 5.56 Å². The number of Topliss-reactive ketones (excluding diaryl/α,β-unsaturated/α-hetero) is 2. The number of benzene rings is 1. The Bertz CT molecular complexity index is 579. The molecule has 0 heterocycles. The fourth-order valence-electron chi connectivity index (χ4n) is 3.15. The Morgan fingerprint density at radius 2 is 1.33 bits per heavy atom. The van der Waals surface area contributed by atoms with Crippen LogP contribution in [0.25, 0.3) is 0 Å². The summed E-state index contributed by atoms with van der Waals surface area (Å²) in [5.74, 6) is -2.73. The number of carbonyl (C=O) groups excluding carboxylic acids is 2. The summed E-state index contributed by atoms with van der Waals surface area (Å²) in [6.07, 6.45) is 6.58. The minimum Gasteiger partial charge on any atom is -0.294 e. The third kappa shape index (κ3) is 9.73. The molecule has 27 heavy (non-hydrogen) atoms. The summed E-state index contributed by atoms with van der Waals surface area (Å²) in [6, 6.07) is 6.66. The van der Waals surface area contributed by atoms with Crippen molar-refractivity contribution in [3.8, 4) is 0 Å². The van der Waals surface area contributed by atoms with Gasteiger partial charge in [-0.1, -0.05) is 89.0 Å². The van der Waals surface area contributed by atoms with E-state index in [9.17, 15) is 22.8 Å². The van der Waals surface area contributed by atoms with Gasteiger partial charge in [0.25, 0.3) is 0 Å². The summed E-state index contributed by atoms with van der Waals surface area (Å²) in [5, 5.41) is 0. The van der Waals surface area contributed by atoms with Crippen molar-refractivity contribution in [2.75, 3.05) is 0 Å². The summed E-state index contributed by atoms with van der Waals surface area (Å²) < 4.78 is 37.1. The largest absolute Gasteiger partial charge is 0.450 e. The molecule has 5 heteroatoms. The van der Waals surface area contributed by atoms with E-state index in [0.29, 0.717) is 6.42 Å². The maximum Gasteiger partial charge on any atom is 0.450 e. The lowest BCUT2D eigenvalue weighted by Gasteiger charge is -2.09. The van der Waals surface area contributed by atoms with Gasteiger partial charge in [-0.2, -0.15) is 13.2 Å². The highest BCUT2D eigenvalue weighted by Crippen LogP contribution is 2.21. The predicted octanol–water partition coefficient (Wildman–Crippen LogP) is 6.85. The first-order valence-electron chi connectivity index (χ1n) is 10.1. The third-order valence-electron chi connectivity index (χ3n) is 4.75. The van der Waals surface area contributed by atoms with Gasteiger partial charge in [0.05, 0.1) is 6.42 Å². The monoisotopic (exact) mass is 384 g/mol. The van der Waals surface area contributed by atoms with Gasteiger partial charge in [0.15, 0.2) is 5.78 Å². The SMILES string of the molecule is CCCCCCCCCCCCc1ccccc1C(=O)CC(=O)C(F)(F)F. The van der Waals surface area contributed by atoms with E-state index >= 15 is 0 Å². The van der Waals surface area contributed by atoms with E-state index in [1.165, 1.54) is 51.0 Å². The number of unbranched alkanes of at least 4 members (excludes halogenated alkanes) is 9. The van der Waals surface area contributed by atoms with Crippen molar-refractivity contribution >= 4 is 11.6 Å². The molecule has 0 unspecified atom stereocenters. The first kappa shape index (κ1) is 23.4. The van der Waals surface area contributed by atoms with Crippen molar-refractivity contribution in [3.63, 3.8) is 0 Å². The molecule has 0 aliphatic carbocycles. The van der Waals surface area contributed by atoms with Crippen LogP contribution in [0.2, 0.25) is 0 Å². The van der Waals surface area contributed by atoms with Crippen molar-refractivity contribution in [2.24, 2.45) is 0 Å². The highest BCUT2D eigenvalue weighted by molar-refractivity contribution is 6.10. The molecule has 152 valence electrons. The second-order valence-corrected chi connectivity index (χ2v) is 7.11. The van der Waals surface area contributed by atoms with Gasteiger partial charge in [0, 0.05) is 5.56 Å². The minimum atomic E-state index is -4.96. The molecule has 0 aromatic heterocycles. The van der Waals surface area contributed by atoms with Crippen LogP contribution in [0.15, 0.2) is 24.3 Å². The Hall–Kier alpha value is -1.65. The lowest BCUT2D eigenvalue weighted by Crippen LogP contribution is -2.25. The van der Waals surface area contributed by atoms with E-state index in [2.05, 4.69) is 6.92 Å². The maximum absolute atomic E-state index is 12.4. The van der Waals surface area contributed by atoms with Crippen LogP contribution in [0.3, 0.4) is 0 Å². The summed E-state index contributed by atoms with van der Waals surface area (Å²) >= 11 is 0. The molecule has 0 aliphatic heterocycles. The number of ketones is 2. The first-order valence-corrected chi connectivity index (χ1v) is 10.1. The molecule has 0 spiro atoms. The third-order valence-corrected chi connectivity index (χ3v) is 4.75. The van der Waals surface area contributed by atoms with E-state index in [4.69, 9.17) is 0 Å². The van der Waals surface area contributed by atoms with Crippen molar-refractivity contribution in [2.45, 2.75) is 90.1 Å². The molecular weight excluding hydrogens is 353 g/mol. The molecule has 0 saturated heterocycles. The zero-order chi connectivity index (χ0) is 20.1. The molecule has 0 radical (unpaired) electrons. The Labute approximate surface area is 160 Å². The van der Waals surface area contributed by atoms with Crippen LogP contribution in [0.5, 0.6) is 0 Å². The molecule has 0 bridgehead atoms. The average molecular weight is 384 g/mol. The Morgan fingerprint density at radius 1 is 0.815 bits per heavy atom. The lowest BCUT2D eigenvalue weighted by atomic mass is 9.96. The molecule has 1 aromatic rings. The van der Waals surface area contributed by atoms with Crippen LogP contribution < -0.4 is 0 Å². The predicted molar refractivity (Wildman–Crippen MR) is 102 cm³/mol. The van der Waals surface area contributed by atoms with Gasteiger partial charge >= 0.3 is 6.18 Å². The zero-order valence-electron chi connectivity index (χ0n) is 16.2. The first-order chi connectivity index (χ1) is 12.9. The number of alkyl halides is 3. The number of carbonyl (C=O) groups is 2. The number of rotatable bonds is 14. The highest BCUT2D eigenvalue weighted by Gasteiger charge is 2.39. The molecule has 0 N–H and O–H groups in total. The van der Waals surface area contributed by atoms with Gasteiger partial charge in [-0.3, -0.25) is 9.59 Å². The van der Waals surface area contributed by atoms with E-state index in [1.54, 1.807) is 18.2 Å². The van der Waals surface area contributed by atoms with Gasteiger partial charge in [-0.25, -0.2) is 0 Å². The Morgan fingerprint density at radius 3 is 1.89 bits per heavy atom. The molecule has 1 rings (SSSR count). The minimum absolute atomic E-state index is 0.242. The second kappa shape index (κ2) is 12.7. The zero-order valence-corrected chi connectivity index (χ0v) is 16.2. The average Bonchev–Trinajstić information content (AvgIpc) is 2.62. The fourth-order valence-corrected chi connectivity index (χ4v) is 3.15. The van der Waals surface area contributed by atoms with E-state index < -0.39 is 24.2 Å². The van der Waals surface area contributed by atoms with Gasteiger partial charge < -0.3 is 0 Å². The van der Waals surface area contributed by atoms with Crippen LogP contribution in [0.4, 0.5) is 13.2 Å². The van der Waals surface area contributed by atoms with Crippen molar-refractivity contribution in [1.82, 2.24) is 0 Å². The molecule has 0 atom stereocenters. The lowest BCUT2D eigenvalue weighted by molar-refractivity contribution is -0.170. The normalized spacial score (nSPS) is 11.6. The van der Waals surface area contributed by atoms with Crippen LogP contribution in [-0.4, -0.2) is 17.7 Å². The number of hydrogen-bond acceptors (Lipinski definition) is 2.